The van der Waals surface area contributed by atoms with E-state index in [9.17, 15) is 4.79 Å². The first-order valence-electron chi connectivity index (χ1n) is 14.7. The molecule has 6 rings (SSSR count). The number of thiocarbonyl (C=S) groups is 1. The van der Waals surface area contributed by atoms with Crippen LogP contribution in [0, 0.1) is 27.7 Å². The molecule has 0 radical (unpaired) electrons. The third kappa shape index (κ3) is 5.68. The van der Waals surface area contributed by atoms with Crippen LogP contribution in [0.3, 0.4) is 0 Å². The van der Waals surface area contributed by atoms with Gasteiger partial charge in [-0.1, -0.05) is 36.4 Å². The number of hydrogen-bond donors (Lipinski definition) is 2. The SMILES string of the molecule is Cc1cccc(-n2c(C)cc([C@@H]3[C@H](c4ccccn4)NC(=S)N3c3ccc(NC(=O)COc4ccccc4)cc3)c2C)c1C. The fourth-order valence-electron chi connectivity index (χ4n) is 5.95. The number of pyridine rings is 1. The standard InChI is InChI=1S/C36H35N5O2S/c1-23-11-10-15-32(25(23)3)40-24(2)21-30(26(40)4)35-34(31-14-8-9-20-37-31)39-36(44)41(35)28-18-16-27(17-19-28)38-33(42)22-43-29-12-6-5-7-13-29/h5-21,34-35H,22H2,1-4H3,(H,38,42)(H,39,44)/t34-,35+/m0/s1. The van der Waals surface area contributed by atoms with Crippen molar-refractivity contribution in [3.63, 3.8) is 0 Å². The lowest BCUT2D eigenvalue weighted by Crippen LogP contribution is -2.29. The van der Waals surface area contributed by atoms with Crippen LogP contribution < -0.4 is 20.3 Å². The lowest BCUT2D eigenvalue weighted by molar-refractivity contribution is -0.118. The number of carbonyl (C=O) groups is 1. The molecule has 0 spiro atoms. The summed E-state index contributed by atoms with van der Waals surface area (Å²) in [6.07, 6.45) is 1.82. The molecule has 0 unspecified atom stereocenters. The van der Waals surface area contributed by atoms with Gasteiger partial charge in [0, 0.05) is 34.6 Å². The van der Waals surface area contributed by atoms with E-state index < -0.39 is 0 Å². The number of benzene rings is 3. The molecule has 1 amide bonds. The van der Waals surface area contributed by atoms with Crippen molar-refractivity contribution in [1.82, 2.24) is 14.9 Å². The van der Waals surface area contributed by atoms with E-state index in [-0.39, 0.29) is 24.6 Å². The smallest absolute Gasteiger partial charge is 0.262 e. The number of ether oxygens (including phenoxy) is 1. The van der Waals surface area contributed by atoms with Crippen LogP contribution in [0.2, 0.25) is 0 Å². The van der Waals surface area contributed by atoms with Gasteiger partial charge in [-0.25, -0.2) is 0 Å². The minimum atomic E-state index is -0.230. The number of anilines is 2. The Morgan fingerprint density at radius 2 is 1.68 bits per heavy atom. The van der Waals surface area contributed by atoms with E-state index in [1.165, 1.54) is 22.4 Å². The average Bonchev–Trinajstić information content (AvgIpc) is 3.53. The van der Waals surface area contributed by atoms with Crippen molar-refractivity contribution in [2.24, 2.45) is 0 Å². The fraction of sp³-hybridized carbons (Fsp3) is 0.194. The molecule has 44 heavy (non-hydrogen) atoms. The number of nitrogens with one attached hydrogen (secondary N) is 2. The highest BCUT2D eigenvalue weighted by molar-refractivity contribution is 7.80. The predicted octanol–water partition coefficient (Wildman–Crippen LogP) is 7.30. The van der Waals surface area contributed by atoms with Gasteiger partial charge in [0.25, 0.3) is 5.91 Å². The van der Waals surface area contributed by atoms with Crippen molar-refractivity contribution in [2.75, 3.05) is 16.8 Å². The van der Waals surface area contributed by atoms with Gasteiger partial charge in [-0.3, -0.25) is 9.78 Å². The molecular weight excluding hydrogens is 566 g/mol. The van der Waals surface area contributed by atoms with Crippen LogP contribution in [0.25, 0.3) is 5.69 Å². The largest absolute Gasteiger partial charge is 0.484 e. The second-order valence-corrected chi connectivity index (χ2v) is 11.5. The van der Waals surface area contributed by atoms with Crippen LogP contribution in [0.15, 0.2) is 103 Å². The Balaban J connectivity index is 1.32. The van der Waals surface area contributed by atoms with Gasteiger partial charge in [0.05, 0.1) is 17.8 Å². The summed E-state index contributed by atoms with van der Waals surface area (Å²) in [5, 5.41) is 7.10. The highest BCUT2D eigenvalue weighted by atomic mass is 32.1. The third-order valence-electron chi connectivity index (χ3n) is 8.25. The highest BCUT2D eigenvalue weighted by Crippen LogP contribution is 2.44. The van der Waals surface area contributed by atoms with Crippen LogP contribution in [-0.2, 0) is 4.79 Å². The number of rotatable bonds is 8. The summed E-state index contributed by atoms with van der Waals surface area (Å²) >= 11 is 5.97. The summed E-state index contributed by atoms with van der Waals surface area (Å²) in [7, 11) is 0. The minimum Gasteiger partial charge on any atom is -0.484 e. The maximum absolute atomic E-state index is 12.6. The number of para-hydroxylation sites is 1. The van der Waals surface area contributed by atoms with Gasteiger partial charge in [0.1, 0.15) is 5.75 Å². The van der Waals surface area contributed by atoms with Crippen LogP contribution in [0.1, 0.15) is 45.9 Å². The lowest BCUT2D eigenvalue weighted by Gasteiger charge is -2.28. The zero-order valence-corrected chi connectivity index (χ0v) is 26.1. The zero-order valence-electron chi connectivity index (χ0n) is 25.2. The summed E-state index contributed by atoms with van der Waals surface area (Å²) in [6.45, 7) is 8.57. The molecule has 222 valence electrons. The number of aryl methyl sites for hydroxylation is 2. The lowest BCUT2D eigenvalue weighted by atomic mass is 9.96. The van der Waals surface area contributed by atoms with E-state index in [1.54, 1.807) is 0 Å². The van der Waals surface area contributed by atoms with Gasteiger partial charge < -0.3 is 24.8 Å². The molecule has 0 bridgehead atoms. The minimum absolute atomic E-state index is 0.0737. The van der Waals surface area contributed by atoms with E-state index in [0.717, 1.165) is 22.8 Å². The van der Waals surface area contributed by atoms with Gasteiger partial charge in [-0.05, 0) is 117 Å². The van der Waals surface area contributed by atoms with Crippen LogP contribution in [0.5, 0.6) is 5.75 Å². The summed E-state index contributed by atoms with van der Waals surface area (Å²) in [5.41, 5.74) is 9.68. The Hall–Kier alpha value is -4.95. The molecule has 5 aromatic rings. The molecule has 3 heterocycles. The van der Waals surface area contributed by atoms with Gasteiger partial charge in [-0.15, -0.1) is 0 Å². The Bertz CT molecular complexity index is 1800. The summed E-state index contributed by atoms with van der Waals surface area (Å²) in [4.78, 5) is 19.4. The van der Waals surface area contributed by atoms with Crippen LogP contribution >= 0.6 is 12.2 Å². The van der Waals surface area contributed by atoms with E-state index in [2.05, 4.69) is 72.1 Å². The first-order valence-corrected chi connectivity index (χ1v) is 15.1. The van der Waals surface area contributed by atoms with E-state index in [4.69, 9.17) is 21.9 Å². The third-order valence-corrected chi connectivity index (χ3v) is 8.56. The van der Waals surface area contributed by atoms with Gasteiger partial charge in [-0.2, -0.15) is 0 Å². The molecule has 1 aliphatic heterocycles. The maximum atomic E-state index is 12.6. The van der Waals surface area contributed by atoms with Crippen LogP contribution in [0.4, 0.5) is 11.4 Å². The summed E-state index contributed by atoms with van der Waals surface area (Å²) < 4.78 is 7.93. The van der Waals surface area contributed by atoms with E-state index in [1.807, 2.05) is 79.0 Å². The predicted molar refractivity (Wildman–Crippen MR) is 180 cm³/mol. The molecule has 7 nitrogen and oxygen atoms in total. The maximum Gasteiger partial charge on any atom is 0.262 e. The van der Waals surface area contributed by atoms with Crippen molar-refractivity contribution in [1.29, 1.82) is 0 Å². The number of nitrogens with zero attached hydrogens (tertiary/aromatic N) is 3. The Kier molecular flexibility index (Phi) is 8.17. The molecule has 1 saturated heterocycles. The van der Waals surface area contributed by atoms with Gasteiger partial charge in [0.2, 0.25) is 0 Å². The topological polar surface area (TPSA) is 71.4 Å². The molecular formula is C36H35N5O2S. The number of carbonyl (C=O) groups excluding carboxylic acids is 1. The van der Waals surface area contributed by atoms with Gasteiger partial charge in [0.15, 0.2) is 11.7 Å². The molecule has 2 aromatic heterocycles. The normalized spacial score (nSPS) is 16.1. The van der Waals surface area contributed by atoms with Crippen molar-refractivity contribution in [2.45, 2.75) is 39.8 Å². The molecule has 2 N–H and O–H groups in total. The average molecular weight is 602 g/mol. The quantitative estimate of drug-likeness (QED) is 0.182. The van der Waals surface area contributed by atoms with E-state index >= 15 is 0 Å². The van der Waals surface area contributed by atoms with Crippen molar-refractivity contribution >= 4 is 34.6 Å². The fourth-order valence-corrected chi connectivity index (χ4v) is 6.30. The monoisotopic (exact) mass is 601 g/mol. The van der Waals surface area contributed by atoms with Crippen molar-refractivity contribution in [3.05, 3.63) is 137 Å². The number of amides is 1. The highest BCUT2D eigenvalue weighted by Gasteiger charge is 2.42. The van der Waals surface area contributed by atoms with Crippen molar-refractivity contribution in [3.8, 4) is 11.4 Å². The molecule has 3 aromatic carbocycles. The van der Waals surface area contributed by atoms with Crippen LogP contribution in [-0.4, -0.2) is 27.2 Å². The number of hydrogen-bond acceptors (Lipinski definition) is 4. The zero-order chi connectivity index (χ0) is 30.8. The number of aromatic nitrogens is 2. The van der Waals surface area contributed by atoms with E-state index in [0.29, 0.717) is 16.5 Å². The molecule has 0 saturated carbocycles. The summed E-state index contributed by atoms with van der Waals surface area (Å²) in [6, 6.07) is 31.4. The Labute approximate surface area is 263 Å². The second kappa shape index (κ2) is 12.3. The van der Waals surface area contributed by atoms with Crippen molar-refractivity contribution < 1.29 is 9.53 Å². The Morgan fingerprint density at radius 1 is 0.932 bits per heavy atom. The molecule has 0 aliphatic carbocycles. The Morgan fingerprint density at radius 3 is 2.41 bits per heavy atom. The summed E-state index contributed by atoms with van der Waals surface area (Å²) in [5.74, 6) is 0.422. The molecule has 8 heteroatoms. The molecule has 1 fully saturated rings. The molecule has 2 atom stereocenters. The first-order chi connectivity index (χ1) is 21.3. The first kappa shape index (κ1) is 29.1. The molecule has 1 aliphatic rings. The second-order valence-electron chi connectivity index (χ2n) is 11.1. The van der Waals surface area contributed by atoms with Gasteiger partial charge >= 0.3 is 0 Å².